The molecular weight excluding hydrogens is 284 g/mol. The normalized spacial score (nSPS) is 18.0. The van der Waals surface area contributed by atoms with Gasteiger partial charge in [0.1, 0.15) is 18.0 Å². The minimum Gasteiger partial charge on any atom is -0.353 e. The van der Waals surface area contributed by atoms with Gasteiger partial charge in [0.25, 0.3) is 0 Å². The van der Waals surface area contributed by atoms with Crippen LogP contribution in [0.25, 0.3) is 0 Å². The Balaban J connectivity index is 1.81. The second-order valence-corrected chi connectivity index (χ2v) is 6.51. The van der Waals surface area contributed by atoms with E-state index in [0.717, 1.165) is 23.9 Å². The van der Waals surface area contributed by atoms with Gasteiger partial charge in [0.2, 0.25) is 0 Å². The molecule has 122 valence electrons. The molecule has 1 aromatic carbocycles. The summed E-state index contributed by atoms with van der Waals surface area (Å²) in [6.45, 7) is 7.59. The van der Waals surface area contributed by atoms with E-state index < -0.39 is 0 Å². The predicted octanol–water partition coefficient (Wildman–Crippen LogP) is 4.61. The first-order valence-corrected chi connectivity index (χ1v) is 8.59. The molecule has 4 heteroatoms. The van der Waals surface area contributed by atoms with E-state index in [1.165, 1.54) is 36.8 Å². The van der Waals surface area contributed by atoms with Crippen LogP contribution in [0.15, 0.2) is 30.6 Å². The lowest BCUT2D eigenvalue weighted by Crippen LogP contribution is -2.39. The highest BCUT2D eigenvalue weighted by atomic mass is 15.2. The molecule has 1 aromatic heterocycles. The lowest BCUT2D eigenvalue weighted by atomic mass is 10.0. The number of piperidine rings is 1. The van der Waals surface area contributed by atoms with E-state index in [2.05, 4.69) is 65.2 Å². The second kappa shape index (κ2) is 6.99. The highest BCUT2D eigenvalue weighted by Crippen LogP contribution is 2.27. The van der Waals surface area contributed by atoms with Gasteiger partial charge in [-0.25, -0.2) is 9.97 Å². The number of aryl methyl sites for hydroxylation is 2. The highest BCUT2D eigenvalue weighted by Gasteiger charge is 2.22. The first-order chi connectivity index (χ1) is 11.2. The van der Waals surface area contributed by atoms with Gasteiger partial charge in [0, 0.05) is 24.3 Å². The van der Waals surface area contributed by atoms with E-state index in [4.69, 9.17) is 0 Å². The molecule has 3 rings (SSSR count). The molecule has 1 aliphatic heterocycles. The molecule has 1 saturated heterocycles. The molecule has 4 nitrogen and oxygen atoms in total. The Kier molecular flexibility index (Phi) is 4.79. The first kappa shape index (κ1) is 15.8. The monoisotopic (exact) mass is 310 g/mol. The number of anilines is 3. The molecule has 1 N–H and O–H groups in total. The lowest BCUT2D eigenvalue weighted by molar-refractivity contribution is 0.446. The van der Waals surface area contributed by atoms with Crippen LogP contribution in [-0.2, 0) is 0 Å². The molecule has 0 spiro atoms. The molecule has 1 aliphatic rings. The van der Waals surface area contributed by atoms with E-state index in [1.54, 1.807) is 6.33 Å². The maximum Gasteiger partial charge on any atom is 0.135 e. The van der Waals surface area contributed by atoms with Crippen LogP contribution >= 0.6 is 0 Å². The van der Waals surface area contributed by atoms with E-state index in [-0.39, 0.29) is 0 Å². The first-order valence-electron chi connectivity index (χ1n) is 8.59. The molecule has 0 aliphatic carbocycles. The van der Waals surface area contributed by atoms with Crippen molar-refractivity contribution in [2.24, 2.45) is 0 Å². The van der Waals surface area contributed by atoms with Crippen LogP contribution in [0, 0.1) is 13.8 Å². The highest BCUT2D eigenvalue weighted by molar-refractivity contribution is 5.61. The van der Waals surface area contributed by atoms with Gasteiger partial charge in [0.05, 0.1) is 0 Å². The van der Waals surface area contributed by atoms with Crippen molar-refractivity contribution in [1.29, 1.82) is 0 Å². The Morgan fingerprint density at radius 3 is 2.61 bits per heavy atom. The largest absolute Gasteiger partial charge is 0.353 e. The number of hydrogen-bond acceptors (Lipinski definition) is 4. The standard InChI is InChI=1S/C19H26N4/c1-4-17-7-5-6-8-23(17)19-12-18(20-13-21-19)22-16-10-14(2)9-15(3)11-16/h9-13,17H,4-8H2,1-3H3,(H,20,21,22). The van der Waals surface area contributed by atoms with Gasteiger partial charge in [-0.3, -0.25) is 0 Å². The number of aromatic nitrogens is 2. The van der Waals surface area contributed by atoms with Crippen molar-refractivity contribution >= 4 is 17.3 Å². The molecule has 1 atom stereocenters. The molecular formula is C19H26N4. The van der Waals surface area contributed by atoms with Crippen LogP contribution in [0.3, 0.4) is 0 Å². The maximum atomic E-state index is 4.51. The summed E-state index contributed by atoms with van der Waals surface area (Å²) in [5.74, 6) is 1.90. The third-order valence-electron chi connectivity index (χ3n) is 4.54. The third-order valence-corrected chi connectivity index (χ3v) is 4.54. The molecule has 1 fully saturated rings. The Morgan fingerprint density at radius 2 is 1.87 bits per heavy atom. The fourth-order valence-corrected chi connectivity index (χ4v) is 3.49. The maximum absolute atomic E-state index is 4.51. The molecule has 2 aromatic rings. The number of hydrogen-bond donors (Lipinski definition) is 1. The van der Waals surface area contributed by atoms with Crippen LogP contribution in [0.2, 0.25) is 0 Å². The van der Waals surface area contributed by atoms with Crippen LogP contribution < -0.4 is 10.2 Å². The smallest absolute Gasteiger partial charge is 0.135 e. The summed E-state index contributed by atoms with van der Waals surface area (Å²) in [6.07, 6.45) is 6.68. The fourth-order valence-electron chi connectivity index (χ4n) is 3.49. The van der Waals surface area contributed by atoms with Crippen LogP contribution in [-0.4, -0.2) is 22.6 Å². The lowest BCUT2D eigenvalue weighted by Gasteiger charge is -2.36. The van der Waals surface area contributed by atoms with Gasteiger partial charge in [-0.05, 0) is 62.8 Å². The van der Waals surface area contributed by atoms with Crippen molar-refractivity contribution in [2.75, 3.05) is 16.8 Å². The zero-order valence-electron chi connectivity index (χ0n) is 14.3. The fraction of sp³-hybridized carbons (Fsp3) is 0.474. The van der Waals surface area contributed by atoms with Crippen molar-refractivity contribution in [3.8, 4) is 0 Å². The minimum absolute atomic E-state index is 0.604. The Bertz CT molecular complexity index is 648. The summed E-state index contributed by atoms with van der Waals surface area (Å²) in [5, 5.41) is 3.42. The molecule has 0 radical (unpaired) electrons. The molecule has 0 saturated carbocycles. The zero-order chi connectivity index (χ0) is 16.2. The third kappa shape index (κ3) is 3.81. The molecule has 0 bridgehead atoms. The molecule has 1 unspecified atom stereocenters. The summed E-state index contributed by atoms with van der Waals surface area (Å²) < 4.78 is 0. The number of rotatable bonds is 4. The number of nitrogens with zero attached hydrogens (tertiary/aromatic N) is 3. The van der Waals surface area contributed by atoms with E-state index in [0.29, 0.717) is 6.04 Å². The Labute approximate surface area is 139 Å². The van der Waals surface area contributed by atoms with Crippen molar-refractivity contribution in [1.82, 2.24) is 9.97 Å². The molecule has 0 amide bonds. The molecule has 2 heterocycles. The second-order valence-electron chi connectivity index (χ2n) is 6.51. The number of nitrogens with one attached hydrogen (secondary N) is 1. The zero-order valence-corrected chi connectivity index (χ0v) is 14.3. The van der Waals surface area contributed by atoms with Crippen molar-refractivity contribution in [3.63, 3.8) is 0 Å². The minimum atomic E-state index is 0.604. The van der Waals surface area contributed by atoms with Gasteiger partial charge in [-0.1, -0.05) is 13.0 Å². The summed E-state index contributed by atoms with van der Waals surface area (Å²) in [5.41, 5.74) is 3.59. The summed E-state index contributed by atoms with van der Waals surface area (Å²) in [7, 11) is 0. The summed E-state index contributed by atoms with van der Waals surface area (Å²) in [4.78, 5) is 11.3. The average Bonchev–Trinajstić information content (AvgIpc) is 2.54. The SMILES string of the molecule is CCC1CCCCN1c1cc(Nc2cc(C)cc(C)c2)ncn1. The van der Waals surface area contributed by atoms with E-state index in [9.17, 15) is 0 Å². The van der Waals surface area contributed by atoms with Gasteiger partial charge < -0.3 is 10.2 Å². The van der Waals surface area contributed by atoms with Crippen molar-refractivity contribution in [2.45, 2.75) is 52.5 Å². The van der Waals surface area contributed by atoms with E-state index in [1.807, 2.05) is 0 Å². The quantitative estimate of drug-likeness (QED) is 0.895. The Morgan fingerprint density at radius 1 is 1.09 bits per heavy atom. The van der Waals surface area contributed by atoms with Crippen LogP contribution in [0.1, 0.15) is 43.7 Å². The van der Waals surface area contributed by atoms with Crippen LogP contribution in [0.5, 0.6) is 0 Å². The van der Waals surface area contributed by atoms with Gasteiger partial charge in [-0.2, -0.15) is 0 Å². The summed E-state index contributed by atoms with van der Waals surface area (Å²) >= 11 is 0. The van der Waals surface area contributed by atoms with Gasteiger partial charge >= 0.3 is 0 Å². The molecule has 23 heavy (non-hydrogen) atoms. The Hall–Kier alpha value is -2.10. The van der Waals surface area contributed by atoms with E-state index >= 15 is 0 Å². The van der Waals surface area contributed by atoms with Crippen molar-refractivity contribution < 1.29 is 0 Å². The summed E-state index contributed by atoms with van der Waals surface area (Å²) in [6, 6.07) is 9.14. The number of benzene rings is 1. The topological polar surface area (TPSA) is 41.0 Å². The van der Waals surface area contributed by atoms with Crippen molar-refractivity contribution in [3.05, 3.63) is 41.7 Å². The average molecular weight is 310 g/mol. The van der Waals surface area contributed by atoms with Gasteiger partial charge in [-0.15, -0.1) is 0 Å². The van der Waals surface area contributed by atoms with Crippen LogP contribution in [0.4, 0.5) is 17.3 Å². The predicted molar refractivity (Wildman–Crippen MR) is 96.5 cm³/mol. The van der Waals surface area contributed by atoms with Gasteiger partial charge in [0.15, 0.2) is 0 Å².